The van der Waals surface area contributed by atoms with Crippen molar-refractivity contribution in [1.82, 2.24) is 4.98 Å². The van der Waals surface area contributed by atoms with Crippen LogP contribution in [0.2, 0.25) is 0 Å². The molecule has 130 valence electrons. The summed E-state index contributed by atoms with van der Waals surface area (Å²) in [5.74, 6) is -0.242. The minimum atomic E-state index is -0.265. The molecule has 0 saturated carbocycles. The molecule has 1 fully saturated rings. The van der Waals surface area contributed by atoms with Gasteiger partial charge in [-0.2, -0.15) is 4.98 Å². The number of hydrogen-bond acceptors (Lipinski definition) is 5. The van der Waals surface area contributed by atoms with Gasteiger partial charge in [-0.1, -0.05) is 18.2 Å². The first-order valence-electron chi connectivity index (χ1n) is 8.50. The number of fused-ring (bicyclic) bond motifs is 1. The van der Waals surface area contributed by atoms with Gasteiger partial charge in [-0.05, 0) is 42.7 Å². The molecule has 5 nitrogen and oxygen atoms in total. The summed E-state index contributed by atoms with van der Waals surface area (Å²) < 4.78 is 20.1. The molecule has 0 atom stereocenters. The Morgan fingerprint density at radius 3 is 2.76 bits per heavy atom. The minimum Gasteiger partial charge on any atom is -0.424 e. The van der Waals surface area contributed by atoms with E-state index >= 15 is 0 Å². The zero-order chi connectivity index (χ0) is 17.2. The Kier molecular flexibility index (Phi) is 4.28. The van der Waals surface area contributed by atoms with Gasteiger partial charge in [0, 0.05) is 19.6 Å². The highest BCUT2D eigenvalue weighted by molar-refractivity contribution is 5.74. The number of piperidine rings is 1. The number of aliphatic hydroxyl groups is 1. The number of hydrogen-bond donors (Lipinski definition) is 2. The fraction of sp³-hybridized carbons (Fsp3) is 0.316. The number of rotatable bonds is 4. The maximum Gasteiger partial charge on any atom is 0.295 e. The van der Waals surface area contributed by atoms with Crippen LogP contribution >= 0.6 is 0 Å². The Balaban J connectivity index is 1.43. The van der Waals surface area contributed by atoms with Crippen LogP contribution in [0.5, 0.6) is 0 Å². The van der Waals surface area contributed by atoms with Crippen LogP contribution in [0.15, 0.2) is 46.9 Å². The molecule has 0 unspecified atom stereocenters. The Hall–Kier alpha value is -2.60. The lowest BCUT2D eigenvalue weighted by molar-refractivity contribution is 0.145. The van der Waals surface area contributed by atoms with Gasteiger partial charge in [-0.15, -0.1) is 0 Å². The van der Waals surface area contributed by atoms with Gasteiger partial charge in [0.15, 0.2) is 5.58 Å². The van der Waals surface area contributed by atoms with Gasteiger partial charge in [-0.3, -0.25) is 0 Å². The fourth-order valence-corrected chi connectivity index (χ4v) is 3.15. The van der Waals surface area contributed by atoms with E-state index in [0.29, 0.717) is 44.2 Å². The highest BCUT2D eigenvalue weighted by Gasteiger charge is 2.19. The summed E-state index contributed by atoms with van der Waals surface area (Å²) in [6.07, 6.45) is 1.10. The van der Waals surface area contributed by atoms with Crippen molar-refractivity contribution in [2.24, 2.45) is 0 Å². The zero-order valence-corrected chi connectivity index (χ0v) is 13.8. The molecule has 0 aliphatic carbocycles. The predicted molar refractivity (Wildman–Crippen MR) is 95.2 cm³/mol. The topological polar surface area (TPSA) is 61.5 Å². The van der Waals surface area contributed by atoms with Crippen molar-refractivity contribution >= 4 is 22.8 Å². The molecule has 0 bridgehead atoms. The van der Waals surface area contributed by atoms with E-state index in [0.717, 1.165) is 16.7 Å². The van der Waals surface area contributed by atoms with E-state index in [-0.39, 0.29) is 11.9 Å². The van der Waals surface area contributed by atoms with Gasteiger partial charge in [0.05, 0.1) is 11.8 Å². The highest BCUT2D eigenvalue weighted by atomic mass is 19.1. The number of aromatic nitrogens is 1. The van der Waals surface area contributed by atoms with Crippen molar-refractivity contribution in [3.63, 3.8) is 0 Å². The molecule has 4 rings (SSSR count). The first kappa shape index (κ1) is 15.9. The minimum absolute atomic E-state index is 0.242. The van der Waals surface area contributed by atoms with E-state index in [1.807, 2.05) is 35.2 Å². The second kappa shape index (κ2) is 6.72. The number of anilines is 2. The molecular weight excluding hydrogens is 321 g/mol. The van der Waals surface area contributed by atoms with Crippen LogP contribution in [0, 0.1) is 5.82 Å². The molecular formula is C19H20FN3O2. The van der Waals surface area contributed by atoms with Gasteiger partial charge in [0.1, 0.15) is 11.3 Å². The molecule has 2 aromatic carbocycles. The molecule has 3 aromatic rings. The third kappa shape index (κ3) is 3.44. The van der Waals surface area contributed by atoms with Crippen LogP contribution in [0.25, 0.3) is 11.1 Å². The summed E-state index contributed by atoms with van der Waals surface area (Å²) in [6, 6.07) is 13.2. The Morgan fingerprint density at radius 2 is 2.00 bits per heavy atom. The zero-order valence-electron chi connectivity index (χ0n) is 13.8. The maximum atomic E-state index is 14.5. The van der Waals surface area contributed by atoms with Crippen LogP contribution in [0.1, 0.15) is 18.4 Å². The monoisotopic (exact) mass is 341 g/mol. The van der Waals surface area contributed by atoms with Gasteiger partial charge in [-0.25, -0.2) is 4.39 Å². The lowest BCUT2D eigenvalue weighted by Gasteiger charge is -2.31. The second-order valence-electron chi connectivity index (χ2n) is 6.34. The largest absolute Gasteiger partial charge is 0.424 e. The maximum absolute atomic E-state index is 14.5. The van der Waals surface area contributed by atoms with Crippen molar-refractivity contribution < 1.29 is 13.9 Å². The van der Waals surface area contributed by atoms with E-state index in [1.165, 1.54) is 6.07 Å². The first-order chi connectivity index (χ1) is 12.2. The molecule has 0 radical (unpaired) electrons. The Labute approximate surface area is 145 Å². The van der Waals surface area contributed by atoms with Crippen LogP contribution < -0.4 is 10.2 Å². The molecule has 1 aliphatic heterocycles. The number of halogens is 1. The molecule has 0 amide bonds. The van der Waals surface area contributed by atoms with E-state index in [1.54, 1.807) is 6.07 Å². The SMILES string of the molecule is OC1CCN(c2ccc(CNc3nc4ccccc4o3)cc2F)CC1. The summed E-state index contributed by atoms with van der Waals surface area (Å²) in [5.41, 5.74) is 2.93. The molecule has 1 aromatic heterocycles. The van der Waals surface area contributed by atoms with Crippen molar-refractivity contribution in [2.45, 2.75) is 25.5 Å². The third-order valence-corrected chi connectivity index (χ3v) is 4.55. The van der Waals surface area contributed by atoms with Crippen LogP contribution in [0.4, 0.5) is 16.1 Å². The number of nitrogens with one attached hydrogen (secondary N) is 1. The molecule has 0 spiro atoms. The summed E-state index contributed by atoms with van der Waals surface area (Å²) in [6.45, 7) is 1.79. The molecule has 6 heteroatoms. The standard InChI is InChI=1S/C19H20FN3O2/c20-15-11-13(5-6-17(15)23-9-7-14(24)8-10-23)12-21-19-22-16-3-1-2-4-18(16)25-19/h1-6,11,14,24H,7-10,12H2,(H,21,22). The summed E-state index contributed by atoms with van der Waals surface area (Å²) in [7, 11) is 0. The Bertz CT molecular complexity index is 839. The highest BCUT2D eigenvalue weighted by Crippen LogP contribution is 2.25. The van der Waals surface area contributed by atoms with Gasteiger partial charge >= 0.3 is 0 Å². The molecule has 25 heavy (non-hydrogen) atoms. The van der Waals surface area contributed by atoms with E-state index < -0.39 is 0 Å². The number of benzene rings is 2. The summed E-state index contributed by atoms with van der Waals surface area (Å²) in [5, 5.41) is 12.7. The lowest BCUT2D eigenvalue weighted by atomic mass is 10.1. The number of aliphatic hydroxyl groups excluding tert-OH is 1. The lowest BCUT2D eigenvalue weighted by Crippen LogP contribution is -2.36. The van der Waals surface area contributed by atoms with Gasteiger partial charge < -0.3 is 19.7 Å². The number of oxazole rings is 1. The fourth-order valence-electron chi connectivity index (χ4n) is 3.15. The average molecular weight is 341 g/mol. The molecule has 2 N–H and O–H groups in total. The number of nitrogens with zero attached hydrogens (tertiary/aromatic N) is 2. The van der Waals surface area contributed by atoms with E-state index in [4.69, 9.17) is 4.42 Å². The van der Waals surface area contributed by atoms with Gasteiger partial charge in [0.2, 0.25) is 0 Å². The summed E-state index contributed by atoms with van der Waals surface area (Å²) >= 11 is 0. The van der Waals surface area contributed by atoms with Crippen molar-refractivity contribution in [1.29, 1.82) is 0 Å². The second-order valence-corrected chi connectivity index (χ2v) is 6.34. The molecule has 1 saturated heterocycles. The summed E-state index contributed by atoms with van der Waals surface area (Å²) in [4.78, 5) is 6.33. The normalized spacial score (nSPS) is 15.7. The predicted octanol–water partition coefficient (Wildman–Crippen LogP) is 3.54. The average Bonchev–Trinajstić information content (AvgIpc) is 3.04. The quantitative estimate of drug-likeness (QED) is 0.760. The van der Waals surface area contributed by atoms with Crippen molar-refractivity contribution in [3.8, 4) is 0 Å². The van der Waals surface area contributed by atoms with E-state index in [2.05, 4.69) is 10.3 Å². The Morgan fingerprint density at radius 1 is 1.20 bits per heavy atom. The first-order valence-corrected chi connectivity index (χ1v) is 8.50. The van der Waals surface area contributed by atoms with Crippen LogP contribution in [-0.4, -0.2) is 29.3 Å². The van der Waals surface area contributed by atoms with Gasteiger partial charge in [0.25, 0.3) is 6.01 Å². The third-order valence-electron chi connectivity index (χ3n) is 4.55. The van der Waals surface area contributed by atoms with E-state index in [9.17, 15) is 9.50 Å². The molecule has 2 heterocycles. The van der Waals surface area contributed by atoms with Crippen LogP contribution in [-0.2, 0) is 6.54 Å². The smallest absolute Gasteiger partial charge is 0.295 e. The van der Waals surface area contributed by atoms with Crippen LogP contribution in [0.3, 0.4) is 0 Å². The van der Waals surface area contributed by atoms with Crippen molar-refractivity contribution in [2.75, 3.05) is 23.3 Å². The number of para-hydroxylation sites is 2. The van der Waals surface area contributed by atoms with Crippen molar-refractivity contribution in [3.05, 3.63) is 53.8 Å². The molecule has 1 aliphatic rings.